The van der Waals surface area contributed by atoms with Gasteiger partial charge in [0.1, 0.15) is 5.75 Å². The zero-order chi connectivity index (χ0) is 24.2. The molecule has 34 heavy (non-hydrogen) atoms. The number of thioether (sulfide) groups is 1. The molecule has 0 saturated heterocycles. The lowest BCUT2D eigenvalue weighted by Crippen LogP contribution is -2.45. The SMILES string of the molecule is CCOC(=O)C1=C(C)N=C2SC(C(=O)Nc3ccccc3)=CC(=O)N2C1c1ccc(OC)cc1. The predicted molar refractivity (Wildman–Crippen MR) is 130 cm³/mol. The van der Waals surface area contributed by atoms with Gasteiger partial charge in [0, 0.05) is 11.8 Å². The Morgan fingerprint density at radius 1 is 1.12 bits per heavy atom. The number of para-hydroxylation sites is 1. The van der Waals surface area contributed by atoms with Crippen molar-refractivity contribution in [3.63, 3.8) is 0 Å². The maximum Gasteiger partial charge on any atom is 0.338 e. The largest absolute Gasteiger partial charge is 0.497 e. The molecule has 0 radical (unpaired) electrons. The quantitative estimate of drug-likeness (QED) is 0.631. The summed E-state index contributed by atoms with van der Waals surface area (Å²) in [7, 11) is 1.56. The summed E-state index contributed by atoms with van der Waals surface area (Å²) in [4.78, 5) is 45.1. The molecule has 2 aliphatic rings. The van der Waals surface area contributed by atoms with Gasteiger partial charge >= 0.3 is 5.97 Å². The van der Waals surface area contributed by atoms with Gasteiger partial charge in [-0.3, -0.25) is 14.5 Å². The minimum absolute atomic E-state index is 0.188. The van der Waals surface area contributed by atoms with Crippen molar-refractivity contribution in [1.29, 1.82) is 0 Å². The smallest absolute Gasteiger partial charge is 0.338 e. The van der Waals surface area contributed by atoms with E-state index in [1.54, 1.807) is 69.5 Å². The number of rotatable bonds is 6. The number of carbonyl (C=O) groups excluding carboxylic acids is 3. The monoisotopic (exact) mass is 477 g/mol. The summed E-state index contributed by atoms with van der Waals surface area (Å²) in [6.07, 6.45) is 1.27. The fourth-order valence-electron chi connectivity index (χ4n) is 3.69. The number of aliphatic imine (C=N–C) groups is 1. The molecule has 4 rings (SSSR count). The van der Waals surface area contributed by atoms with Gasteiger partial charge < -0.3 is 14.8 Å². The Hall–Kier alpha value is -3.85. The molecule has 0 spiro atoms. The number of hydrogen-bond acceptors (Lipinski definition) is 7. The molecule has 8 nitrogen and oxygen atoms in total. The first kappa shape index (κ1) is 23.3. The van der Waals surface area contributed by atoms with E-state index in [2.05, 4.69) is 10.3 Å². The van der Waals surface area contributed by atoms with Crippen molar-refractivity contribution in [3.8, 4) is 5.75 Å². The maximum atomic E-state index is 13.3. The molecular formula is C25H23N3O5S. The third-order valence-corrected chi connectivity index (χ3v) is 6.26. The number of allylic oxidation sites excluding steroid dienone is 1. The number of fused-ring (bicyclic) bond motifs is 1. The van der Waals surface area contributed by atoms with E-state index in [1.165, 1.54) is 11.0 Å². The van der Waals surface area contributed by atoms with Gasteiger partial charge in [0.15, 0.2) is 5.17 Å². The van der Waals surface area contributed by atoms with Gasteiger partial charge in [-0.1, -0.05) is 30.3 Å². The van der Waals surface area contributed by atoms with Crippen LogP contribution in [0.25, 0.3) is 0 Å². The summed E-state index contributed by atoms with van der Waals surface area (Å²) < 4.78 is 10.5. The molecule has 0 aromatic heterocycles. The second kappa shape index (κ2) is 9.96. The molecule has 2 aliphatic heterocycles. The molecule has 9 heteroatoms. The number of esters is 1. The first-order chi connectivity index (χ1) is 16.4. The molecule has 1 N–H and O–H groups in total. The molecule has 2 aromatic rings. The third-order valence-electron chi connectivity index (χ3n) is 5.27. The van der Waals surface area contributed by atoms with Gasteiger partial charge in [-0.05, 0) is 55.4 Å². The fraction of sp³-hybridized carbons (Fsp3) is 0.200. The molecule has 174 valence electrons. The van der Waals surface area contributed by atoms with Crippen molar-refractivity contribution in [3.05, 3.63) is 82.4 Å². The highest BCUT2D eigenvalue weighted by Gasteiger charge is 2.42. The van der Waals surface area contributed by atoms with Crippen molar-refractivity contribution in [2.45, 2.75) is 19.9 Å². The molecule has 1 unspecified atom stereocenters. The highest BCUT2D eigenvalue weighted by Crippen LogP contribution is 2.42. The first-order valence-electron chi connectivity index (χ1n) is 10.6. The summed E-state index contributed by atoms with van der Waals surface area (Å²) in [6.45, 7) is 3.60. The lowest BCUT2D eigenvalue weighted by molar-refractivity contribution is -0.139. The van der Waals surface area contributed by atoms with E-state index in [-0.39, 0.29) is 17.1 Å². The molecular weight excluding hydrogens is 454 g/mol. The van der Waals surface area contributed by atoms with Crippen LogP contribution < -0.4 is 10.1 Å². The van der Waals surface area contributed by atoms with Gasteiger partial charge in [-0.25, -0.2) is 9.79 Å². The van der Waals surface area contributed by atoms with Crippen LogP contribution in [0.2, 0.25) is 0 Å². The van der Waals surface area contributed by atoms with E-state index < -0.39 is 23.8 Å². The molecule has 2 heterocycles. The van der Waals surface area contributed by atoms with Crippen LogP contribution in [0.5, 0.6) is 5.75 Å². The molecule has 0 bridgehead atoms. The normalized spacial score (nSPS) is 17.4. The van der Waals surface area contributed by atoms with E-state index in [4.69, 9.17) is 9.47 Å². The first-order valence-corrected chi connectivity index (χ1v) is 11.4. The van der Waals surface area contributed by atoms with Crippen molar-refractivity contribution >= 4 is 40.4 Å². The highest BCUT2D eigenvalue weighted by atomic mass is 32.2. The fourth-order valence-corrected chi connectivity index (χ4v) is 4.67. The van der Waals surface area contributed by atoms with Gasteiger partial charge in [-0.15, -0.1) is 0 Å². The summed E-state index contributed by atoms with van der Waals surface area (Å²) in [5, 5.41) is 3.10. The number of anilines is 1. The number of amidine groups is 1. The van der Waals surface area contributed by atoms with Crippen LogP contribution in [0.3, 0.4) is 0 Å². The third kappa shape index (κ3) is 4.60. The summed E-state index contributed by atoms with van der Waals surface area (Å²) in [6, 6.07) is 15.3. The van der Waals surface area contributed by atoms with Gasteiger partial charge in [-0.2, -0.15) is 0 Å². The van der Waals surface area contributed by atoms with Gasteiger partial charge in [0.25, 0.3) is 11.8 Å². The van der Waals surface area contributed by atoms with Crippen LogP contribution >= 0.6 is 11.8 Å². The Morgan fingerprint density at radius 2 is 1.82 bits per heavy atom. The second-order valence-electron chi connectivity index (χ2n) is 7.43. The van der Waals surface area contributed by atoms with Crippen LogP contribution in [0.1, 0.15) is 25.5 Å². The van der Waals surface area contributed by atoms with Crippen LogP contribution in [0.4, 0.5) is 5.69 Å². The molecule has 0 saturated carbocycles. The standard InChI is InChI=1S/C25H23N3O5S/c1-4-33-24(31)21-15(2)26-25-28(22(21)16-10-12-18(32-3)13-11-16)20(29)14-19(34-25)23(30)27-17-8-6-5-7-9-17/h5-14,22H,4H2,1-3H3,(H,27,30). The van der Waals surface area contributed by atoms with Crippen molar-refractivity contribution in [2.75, 3.05) is 19.0 Å². The molecule has 0 aliphatic carbocycles. The number of ether oxygens (including phenoxy) is 2. The van der Waals surface area contributed by atoms with Crippen LogP contribution in [-0.4, -0.2) is 41.6 Å². The number of nitrogens with one attached hydrogen (secondary N) is 1. The average molecular weight is 478 g/mol. The van der Waals surface area contributed by atoms with E-state index >= 15 is 0 Å². The average Bonchev–Trinajstić information content (AvgIpc) is 2.83. The molecule has 2 amide bonds. The zero-order valence-corrected chi connectivity index (χ0v) is 19.7. The minimum Gasteiger partial charge on any atom is -0.497 e. The number of benzene rings is 2. The second-order valence-corrected chi connectivity index (χ2v) is 8.44. The van der Waals surface area contributed by atoms with Crippen molar-refractivity contribution < 1.29 is 23.9 Å². The molecule has 0 fully saturated rings. The number of nitrogens with zero attached hydrogens (tertiary/aromatic N) is 2. The topological polar surface area (TPSA) is 97.3 Å². The summed E-state index contributed by atoms with van der Waals surface area (Å²) in [5.74, 6) is -0.763. The van der Waals surface area contributed by atoms with Crippen molar-refractivity contribution in [1.82, 2.24) is 4.90 Å². The lowest BCUT2D eigenvalue weighted by Gasteiger charge is -2.38. The predicted octanol–water partition coefficient (Wildman–Crippen LogP) is 4.04. The summed E-state index contributed by atoms with van der Waals surface area (Å²) >= 11 is 1.08. The molecule has 1 atom stereocenters. The Morgan fingerprint density at radius 3 is 2.47 bits per heavy atom. The number of carbonyl (C=O) groups is 3. The Labute approximate surface area is 201 Å². The van der Waals surface area contributed by atoms with E-state index in [0.29, 0.717) is 27.9 Å². The van der Waals surface area contributed by atoms with Crippen LogP contribution in [0.15, 0.2) is 81.8 Å². The Balaban J connectivity index is 1.73. The van der Waals surface area contributed by atoms with Crippen LogP contribution in [0, 0.1) is 0 Å². The van der Waals surface area contributed by atoms with Crippen LogP contribution in [-0.2, 0) is 19.1 Å². The van der Waals surface area contributed by atoms with E-state index in [1.807, 2.05) is 6.07 Å². The lowest BCUT2D eigenvalue weighted by atomic mass is 9.94. The zero-order valence-electron chi connectivity index (χ0n) is 18.9. The van der Waals surface area contributed by atoms with Gasteiger partial charge in [0.2, 0.25) is 0 Å². The minimum atomic E-state index is -0.757. The number of methoxy groups -OCH3 is 1. The van der Waals surface area contributed by atoms with E-state index in [0.717, 1.165) is 11.8 Å². The highest BCUT2D eigenvalue weighted by molar-refractivity contribution is 8.18. The summed E-state index contributed by atoms with van der Waals surface area (Å²) in [5.41, 5.74) is 2.01. The van der Waals surface area contributed by atoms with Crippen molar-refractivity contribution in [2.24, 2.45) is 4.99 Å². The number of hydrogen-bond donors (Lipinski definition) is 1. The maximum absolute atomic E-state index is 13.3. The Bertz CT molecular complexity index is 1220. The Kier molecular flexibility index (Phi) is 6.83. The van der Waals surface area contributed by atoms with Gasteiger partial charge in [0.05, 0.1) is 35.9 Å². The number of amides is 2. The van der Waals surface area contributed by atoms with E-state index in [9.17, 15) is 14.4 Å². The molecule has 2 aromatic carbocycles.